The van der Waals surface area contributed by atoms with Crippen LogP contribution in [-0.2, 0) is 11.2 Å². The Bertz CT molecular complexity index is 475. The lowest BCUT2D eigenvalue weighted by Gasteiger charge is -2.25. The van der Waals surface area contributed by atoms with E-state index >= 15 is 0 Å². The lowest BCUT2D eigenvalue weighted by atomic mass is 9.96. The molecule has 1 aliphatic rings. The second-order valence-corrected chi connectivity index (χ2v) is 6.44. The van der Waals surface area contributed by atoms with Crippen LogP contribution in [0.3, 0.4) is 0 Å². The molecule has 0 spiro atoms. The molecular formula is C17H27ClN2O. The molecule has 3 nitrogen and oxygen atoms in total. The molecule has 0 aliphatic heterocycles. The fraction of sp³-hybridized carbons (Fsp3) is 0.588. The van der Waals surface area contributed by atoms with Gasteiger partial charge >= 0.3 is 0 Å². The number of hydrogen-bond acceptors (Lipinski definition) is 2. The van der Waals surface area contributed by atoms with Crippen molar-refractivity contribution in [3.63, 3.8) is 0 Å². The molecule has 0 aromatic heterocycles. The fourth-order valence-electron chi connectivity index (χ4n) is 3.19. The number of amides is 1. The van der Waals surface area contributed by atoms with Crippen molar-refractivity contribution in [1.29, 1.82) is 0 Å². The average Bonchev–Trinajstić information content (AvgIpc) is 2.75. The van der Waals surface area contributed by atoms with E-state index in [1.54, 1.807) is 0 Å². The topological polar surface area (TPSA) is 55.1 Å². The van der Waals surface area contributed by atoms with Crippen LogP contribution in [0.2, 0.25) is 0 Å². The SMILES string of the molecule is Cc1cc(C)cc(CC(C)NC(=O)C2(N)CCCC2)c1.Cl. The van der Waals surface area contributed by atoms with Crippen molar-refractivity contribution in [2.45, 2.75) is 64.5 Å². The number of benzene rings is 1. The number of aryl methyl sites for hydroxylation is 2. The average molecular weight is 311 g/mol. The quantitative estimate of drug-likeness (QED) is 0.898. The zero-order valence-electron chi connectivity index (χ0n) is 13.2. The molecule has 1 unspecified atom stereocenters. The zero-order chi connectivity index (χ0) is 14.8. The summed E-state index contributed by atoms with van der Waals surface area (Å²) in [6.45, 7) is 6.26. The summed E-state index contributed by atoms with van der Waals surface area (Å²) in [6, 6.07) is 6.65. The summed E-state index contributed by atoms with van der Waals surface area (Å²) in [5.41, 5.74) is 9.36. The van der Waals surface area contributed by atoms with Gasteiger partial charge in [0.25, 0.3) is 0 Å². The second kappa shape index (κ2) is 7.28. The normalized spacial score (nSPS) is 17.9. The number of carbonyl (C=O) groups excluding carboxylic acids is 1. The molecule has 0 bridgehead atoms. The Hall–Kier alpha value is -1.06. The molecule has 1 fully saturated rings. The summed E-state index contributed by atoms with van der Waals surface area (Å²) >= 11 is 0. The Morgan fingerprint density at radius 3 is 2.29 bits per heavy atom. The van der Waals surface area contributed by atoms with Gasteiger partial charge in [-0.05, 0) is 45.6 Å². The summed E-state index contributed by atoms with van der Waals surface area (Å²) < 4.78 is 0. The van der Waals surface area contributed by atoms with E-state index in [-0.39, 0.29) is 24.4 Å². The third-order valence-corrected chi connectivity index (χ3v) is 4.15. The first-order valence-electron chi connectivity index (χ1n) is 7.56. The van der Waals surface area contributed by atoms with E-state index in [2.05, 4.69) is 37.4 Å². The van der Waals surface area contributed by atoms with E-state index in [9.17, 15) is 4.79 Å². The Balaban J connectivity index is 0.00000220. The highest BCUT2D eigenvalue weighted by molar-refractivity contribution is 5.86. The van der Waals surface area contributed by atoms with Gasteiger partial charge in [-0.3, -0.25) is 4.79 Å². The Kier molecular flexibility index (Phi) is 6.24. The maximum atomic E-state index is 12.3. The lowest BCUT2D eigenvalue weighted by Crippen LogP contribution is -2.54. The molecule has 1 atom stereocenters. The van der Waals surface area contributed by atoms with Crippen molar-refractivity contribution in [1.82, 2.24) is 5.32 Å². The van der Waals surface area contributed by atoms with Crippen LogP contribution in [0.1, 0.15) is 49.3 Å². The van der Waals surface area contributed by atoms with Crippen LogP contribution < -0.4 is 11.1 Å². The molecule has 0 heterocycles. The smallest absolute Gasteiger partial charge is 0.240 e. The van der Waals surface area contributed by atoms with Crippen LogP contribution in [0.25, 0.3) is 0 Å². The Morgan fingerprint density at radius 1 is 1.24 bits per heavy atom. The fourth-order valence-corrected chi connectivity index (χ4v) is 3.19. The monoisotopic (exact) mass is 310 g/mol. The largest absolute Gasteiger partial charge is 0.352 e. The first-order valence-corrected chi connectivity index (χ1v) is 7.56. The summed E-state index contributed by atoms with van der Waals surface area (Å²) in [5, 5.41) is 3.09. The minimum absolute atomic E-state index is 0. The molecule has 4 heteroatoms. The molecule has 0 saturated heterocycles. The van der Waals surface area contributed by atoms with Gasteiger partial charge < -0.3 is 11.1 Å². The summed E-state index contributed by atoms with van der Waals surface area (Å²) in [5.74, 6) is 0.0203. The first kappa shape index (κ1) is 18.0. The van der Waals surface area contributed by atoms with Gasteiger partial charge in [0, 0.05) is 6.04 Å². The van der Waals surface area contributed by atoms with Crippen LogP contribution in [0.5, 0.6) is 0 Å². The van der Waals surface area contributed by atoms with Crippen LogP contribution in [0, 0.1) is 13.8 Å². The standard InChI is InChI=1S/C17H26N2O.ClH/c1-12-8-13(2)10-15(9-12)11-14(3)19-16(20)17(18)6-4-5-7-17;/h8-10,14H,4-7,11,18H2,1-3H3,(H,19,20);1H. The maximum Gasteiger partial charge on any atom is 0.240 e. The van der Waals surface area contributed by atoms with Gasteiger partial charge in [0.1, 0.15) is 0 Å². The predicted octanol–water partition coefficient (Wildman–Crippen LogP) is 3.04. The van der Waals surface area contributed by atoms with Gasteiger partial charge in [0.15, 0.2) is 0 Å². The Labute approximate surface area is 134 Å². The van der Waals surface area contributed by atoms with Crippen molar-refractivity contribution < 1.29 is 4.79 Å². The van der Waals surface area contributed by atoms with Gasteiger partial charge in [-0.25, -0.2) is 0 Å². The molecule has 1 saturated carbocycles. The van der Waals surface area contributed by atoms with Crippen LogP contribution in [-0.4, -0.2) is 17.5 Å². The molecule has 1 aliphatic carbocycles. The highest BCUT2D eigenvalue weighted by atomic mass is 35.5. The number of hydrogen-bond donors (Lipinski definition) is 2. The molecule has 0 radical (unpaired) electrons. The van der Waals surface area contributed by atoms with Gasteiger partial charge in [0.05, 0.1) is 5.54 Å². The minimum atomic E-state index is -0.628. The number of nitrogens with one attached hydrogen (secondary N) is 1. The predicted molar refractivity (Wildman–Crippen MR) is 89.9 cm³/mol. The highest BCUT2D eigenvalue weighted by Gasteiger charge is 2.37. The Morgan fingerprint density at radius 2 is 1.76 bits per heavy atom. The maximum absolute atomic E-state index is 12.3. The number of rotatable bonds is 4. The third-order valence-electron chi connectivity index (χ3n) is 4.15. The van der Waals surface area contributed by atoms with Gasteiger partial charge in [-0.15, -0.1) is 12.4 Å². The number of carbonyl (C=O) groups is 1. The number of halogens is 1. The highest BCUT2D eigenvalue weighted by Crippen LogP contribution is 2.27. The van der Waals surface area contributed by atoms with Gasteiger partial charge in [-0.1, -0.05) is 42.2 Å². The molecule has 118 valence electrons. The van der Waals surface area contributed by atoms with Crippen LogP contribution in [0.15, 0.2) is 18.2 Å². The van der Waals surface area contributed by atoms with Crippen molar-refractivity contribution in [3.05, 3.63) is 34.9 Å². The van der Waals surface area contributed by atoms with Crippen LogP contribution in [0.4, 0.5) is 0 Å². The van der Waals surface area contributed by atoms with E-state index in [0.29, 0.717) is 0 Å². The van der Waals surface area contributed by atoms with E-state index in [1.165, 1.54) is 16.7 Å². The summed E-state index contributed by atoms with van der Waals surface area (Å²) in [7, 11) is 0. The lowest BCUT2D eigenvalue weighted by molar-refractivity contribution is -0.126. The molecule has 21 heavy (non-hydrogen) atoms. The second-order valence-electron chi connectivity index (χ2n) is 6.44. The van der Waals surface area contributed by atoms with Crippen molar-refractivity contribution in [2.75, 3.05) is 0 Å². The van der Waals surface area contributed by atoms with Crippen LogP contribution >= 0.6 is 12.4 Å². The van der Waals surface area contributed by atoms with Gasteiger partial charge in [-0.2, -0.15) is 0 Å². The van der Waals surface area contributed by atoms with Crippen molar-refractivity contribution >= 4 is 18.3 Å². The molecule has 2 rings (SSSR count). The molecular weight excluding hydrogens is 284 g/mol. The minimum Gasteiger partial charge on any atom is -0.352 e. The van der Waals surface area contributed by atoms with E-state index in [4.69, 9.17) is 5.73 Å². The molecule has 3 N–H and O–H groups in total. The number of nitrogens with two attached hydrogens (primary N) is 1. The van der Waals surface area contributed by atoms with E-state index in [1.807, 2.05) is 6.92 Å². The third kappa shape index (κ3) is 4.72. The molecule has 1 aromatic carbocycles. The van der Waals surface area contributed by atoms with Crippen molar-refractivity contribution in [3.8, 4) is 0 Å². The summed E-state index contributed by atoms with van der Waals surface area (Å²) in [4.78, 5) is 12.3. The molecule has 1 amide bonds. The zero-order valence-corrected chi connectivity index (χ0v) is 14.1. The van der Waals surface area contributed by atoms with Crippen molar-refractivity contribution in [2.24, 2.45) is 5.73 Å². The first-order chi connectivity index (χ1) is 9.39. The molecule has 1 aromatic rings. The van der Waals surface area contributed by atoms with E-state index < -0.39 is 5.54 Å². The summed E-state index contributed by atoms with van der Waals surface area (Å²) in [6.07, 6.45) is 4.61. The van der Waals surface area contributed by atoms with E-state index in [0.717, 1.165) is 32.1 Å². The van der Waals surface area contributed by atoms with Gasteiger partial charge in [0.2, 0.25) is 5.91 Å².